The van der Waals surface area contributed by atoms with Gasteiger partial charge in [0.1, 0.15) is 0 Å². The zero-order valence-electron chi connectivity index (χ0n) is 11.7. The first-order valence-corrected chi connectivity index (χ1v) is 7.36. The van der Waals surface area contributed by atoms with Gasteiger partial charge in [0, 0.05) is 6.04 Å². The summed E-state index contributed by atoms with van der Waals surface area (Å²) in [6, 6.07) is 6.03. The minimum atomic E-state index is -1.00. The molecule has 2 amide bonds. The van der Waals surface area contributed by atoms with Crippen LogP contribution in [-0.4, -0.2) is 33.2 Å². The third kappa shape index (κ3) is 3.16. The number of amides is 2. The summed E-state index contributed by atoms with van der Waals surface area (Å²) in [7, 11) is 0. The second-order valence-corrected chi connectivity index (χ2v) is 5.73. The van der Waals surface area contributed by atoms with Gasteiger partial charge in [-0.2, -0.15) is 0 Å². The van der Waals surface area contributed by atoms with Crippen LogP contribution < -0.4 is 0 Å². The van der Waals surface area contributed by atoms with Crippen LogP contribution in [-0.2, 0) is 4.79 Å². The van der Waals surface area contributed by atoms with Gasteiger partial charge in [0.05, 0.1) is 10.5 Å². The molecule has 1 aromatic carbocycles. The van der Waals surface area contributed by atoms with Crippen molar-refractivity contribution in [3.63, 3.8) is 0 Å². The van der Waals surface area contributed by atoms with Crippen LogP contribution in [0.5, 0.6) is 0 Å². The number of carbonyl (C=O) groups excluding carboxylic acids is 2. The van der Waals surface area contributed by atoms with E-state index >= 15 is 0 Å². The fourth-order valence-electron chi connectivity index (χ4n) is 1.92. The fraction of sp³-hybridized carbons (Fsp3) is 0.267. The van der Waals surface area contributed by atoms with Crippen LogP contribution in [0.25, 0.3) is 6.08 Å². The molecule has 0 aliphatic carbocycles. The van der Waals surface area contributed by atoms with Crippen LogP contribution in [0.2, 0.25) is 0 Å². The molecule has 0 aromatic heterocycles. The number of hydrogen-bond donors (Lipinski definition) is 1. The second-order valence-electron chi connectivity index (χ2n) is 4.74. The Bertz CT molecular complexity index is 621. The van der Waals surface area contributed by atoms with E-state index in [-0.39, 0.29) is 22.8 Å². The number of imide groups is 1. The molecule has 6 heteroatoms. The van der Waals surface area contributed by atoms with Gasteiger partial charge in [-0.3, -0.25) is 14.5 Å². The lowest BCUT2D eigenvalue weighted by molar-refractivity contribution is -0.124. The van der Waals surface area contributed by atoms with Gasteiger partial charge >= 0.3 is 5.97 Å². The Kier molecular flexibility index (Phi) is 4.47. The van der Waals surface area contributed by atoms with Crippen molar-refractivity contribution in [3.8, 4) is 0 Å². The van der Waals surface area contributed by atoms with Crippen LogP contribution in [0, 0.1) is 0 Å². The summed E-state index contributed by atoms with van der Waals surface area (Å²) in [4.78, 5) is 36.5. The average Bonchev–Trinajstić information content (AvgIpc) is 2.73. The van der Waals surface area contributed by atoms with Crippen LogP contribution >= 0.6 is 11.8 Å². The van der Waals surface area contributed by atoms with Crippen molar-refractivity contribution in [1.29, 1.82) is 0 Å². The molecule has 1 aliphatic rings. The predicted octanol–water partition coefficient (Wildman–Crippen LogP) is 3.22. The van der Waals surface area contributed by atoms with Crippen molar-refractivity contribution in [1.82, 2.24) is 4.90 Å². The van der Waals surface area contributed by atoms with Gasteiger partial charge in [0.25, 0.3) is 11.1 Å². The number of aromatic carboxylic acids is 1. The summed E-state index contributed by atoms with van der Waals surface area (Å²) in [6.45, 7) is 3.75. The van der Waals surface area contributed by atoms with Gasteiger partial charge in [0.15, 0.2) is 0 Å². The van der Waals surface area contributed by atoms with E-state index in [2.05, 4.69) is 0 Å². The Morgan fingerprint density at radius 3 is 2.48 bits per heavy atom. The third-order valence-corrected chi connectivity index (χ3v) is 4.19. The third-order valence-electron chi connectivity index (χ3n) is 3.31. The van der Waals surface area contributed by atoms with E-state index in [1.165, 1.54) is 17.0 Å². The Balaban J connectivity index is 2.24. The maximum absolute atomic E-state index is 12.2. The van der Waals surface area contributed by atoms with E-state index in [0.29, 0.717) is 16.9 Å². The summed E-state index contributed by atoms with van der Waals surface area (Å²) in [5, 5.41) is 8.57. The molecule has 110 valence electrons. The summed E-state index contributed by atoms with van der Waals surface area (Å²) < 4.78 is 0. The zero-order valence-corrected chi connectivity index (χ0v) is 12.5. The van der Waals surface area contributed by atoms with Crippen molar-refractivity contribution < 1.29 is 19.5 Å². The van der Waals surface area contributed by atoms with E-state index in [4.69, 9.17) is 5.11 Å². The van der Waals surface area contributed by atoms with E-state index in [0.717, 1.165) is 11.8 Å². The predicted molar refractivity (Wildman–Crippen MR) is 81.0 cm³/mol. The quantitative estimate of drug-likeness (QED) is 0.864. The number of carboxylic acids is 1. The van der Waals surface area contributed by atoms with Crippen LogP contribution in [0.1, 0.15) is 36.2 Å². The largest absolute Gasteiger partial charge is 0.478 e. The molecular formula is C15H15NO4S. The number of rotatable bonds is 4. The number of benzene rings is 1. The zero-order chi connectivity index (χ0) is 15.6. The van der Waals surface area contributed by atoms with Crippen LogP contribution in [0.3, 0.4) is 0 Å². The smallest absolute Gasteiger partial charge is 0.335 e. The molecule has 21 heavy (non-hydrogen) atoms. The van der Waals surface area contributed by atoms with E-state index in [1.54, 1.807) is 18.2 Å². The standard InChI is InChI=1S/C15H15NO4S/c1-3-9(2)16-13(17)12(21-15(16)20)8-10-4-6-11(7-5-10)14(18)19/h4-9H,3H2,1-2H3,(H,18,19)/b12-8+. The minimum absolute atomic E-state index is 0.127. The molecular weight excluding hydrogens is 290 g/mol. The first kappa shape index (κ1) is 15.3. The van der Waals surface area contributed by atoms with E-state index in [1.807, 2.05) is 13.8 Å². The number of nitrogens with zero attached hydrogens (tertiary/aromatic N) is 1. The van der Waals surface area contributed by atoms with Gasteiger partial charge in [-0.15, -0.1) is 0 Å². The van der Waals surface area contributed by atoms with Crippen LogP contribution in [0.4, 0.5) is 4.79 Å². The summed E-state index contributed by atoms with van der Waals surface area (Å²) in [6.07, 6.45) is 2.32. The molecule has 1 N–H and O–H groups in total. The summed E-state index contributed by atoms with van der Waals surface area (Å²) >= 11 is 0.913. The second kappa shape index (κ2) is 6.13. The van der Waals surface area contributed by atoms with Crippen molar-refractivity contribution in [2.75, 3.05) is 0 Å². The molecule has 0 bridgehead atoms. The number of thioether (sulfide) groups is 1. The molecule has 0 spiro atoms. The molecule has 1 aromatic rings. The highest BCUT2D eigenvalue weighted by Gasteiger charge is 2.37. The lowest BCUT2D eigenvalue weighted by Gasteiger charge is -2.19. The maximum Gasteiger partial charge on any atom is 0.335 e. The first-order valence-electron chi connectivity index (χ1n) is 6.54. The summed E-state index contributed by atoms with van der Waals surface area (Å²) in [5.41, 5.74) is 0.870. The first-order chi connectivity index (χ1) is 9.93. The maximum atomic E-state index is 12.2. The molecule has 1 heterocycles. The molecule has 5 nitrogen and oxygen atoms in total. The Hall–Kier alpha value is -2.08. The lowest BCUT2D eigenvalue weighted by Crippen LogP contribution is -2.36. The minimum Gasteiger partial charge on any atom is -0.478 e. The SMILES string of the molecule is CCC(C)N1C(=O)S/C(=C/c2ccc(C(=O)O)cc2)C1=O. The Labute approximate surface area is 126 Å². The molecule has 0 radical (unpaired) electrons. The normalized spacial score (nSPS) is 18.4. The topological polar surface area (TPSA) is 74.7 Å². The van der Waals surface area contributed by atoms with Crippen molar-refractivity contribution in [3.05, 3.63) is 40.3 Å². The molecule has 1 unspecified atom stereocenters. The van der Waals surface area contributed by atoms with Gasteiger partial charge in [0.2, 0.25) is 0 Å². The van der Waals surface area contributed by atoms with Crippen LogP contribution in [0.15, 0.2) is 29.2 Å². The van der Waals surface area contributed by atoms with Crippen molar-refractivity contribution in [2.24, 2.45) is 0 Å². The van der Waals surface area contributed by atoms with Gasteiger partial charge in [-0.1, -0.05) is 19.1 Å². The van der Waals surface area contributed by atoms with Gasteiger partial charge in [-0.25, -0.2) is 4.79 Å². The van der Waals surface area contributed by atoms with Gasteiger partial charge < -0.3 is 5.11 Å². The van der Waals surface area contributed by atoms with E-state index in [9.17, 15) is 14.4 Å². The molecule has 1 atom stereocenters. The van der Waals surface area contributed by atoms with Crippen molar-refractivity contribution in [2.45, 2.75) is 26.3 Å². The number of carbonyl (C=O) groups is 3. The number of hydrogen-bond acceptors (Lipinski definition) is 4. The highest BCUT2D eigenvalue weighted by Crippen LogP contribution is 2.34. The highest BCUT2D eigenvalue weighted by molar-refractivity contribution is 8.18. The molecule has 0 saturated carbocycles. The number of carboxylic acid groups (broad SMARTS) is 1. The van der Waals surface area contributed by atoms with Gasteiger partial charge in [-0.05, 0) is 48.9 Å². The molecule has 1 saturated heterocycles. The lowest BCUT2D eigenvalue weighted by atomic mass is 10.1. The molecule has 2 rings (SSSR count). The Morgan fingerprint density at radius 2 is 1.95 bits per heavy atom. The molecule has 1 fully saturated rings. The monoisotopic (exact) mass is 305 g/mol. The highest BCUT2D eigenvalue weighted by atomic mass is 32.2. The fourth-order valence-corrected chi connectivity index (χ4v) is 2.85. The van der Waals surface area contributed by atoms with Crippen molar-refractivity contribution >= 4 is 35.0 Å². The van der Waals surface area contributed by atoms with E-state index < -0.39 is 5.97 Å². The molecule has 1 aliphatic heterocycles. The Morgan fingerprint density at radius 1 is 1.33 bits per heavy atom. The average molecular weight is 305 g/mol. The summed E-state index contributed by atoms with van der Waals surface area (Å²) in [5.74, 6) is -1.29.